The van der Waals surface area contributed by atoms with Crippen molar-refractivity contribution in [2.75, 3.05) is 17.2 Å². The van der Waals surface area contributed by atoms with Crippen LogP contribution in [0.5, 0.6) is 0 Å². The number of carbonyl (C=O) groups excluding carboxylic acids is 1. The Kier molecular flexibility index (Phi) is 5.42. The summed E-state index contributed by atoms with van der Waals surface area (Å²) in [5.74, 6) is -0.396. The minimum Gasteiger partial charge on any atom is -0.385 e. The number of nitrogens with one attached hydrogen (secondary N) is 3. The second-order valence-corrected chi connectivity index (χ2v) is 7.35. The molecule has 5 nitrogen and oxygen atoms in total. The number of benzene rings is 2. The fourth-order valence-corrected chi connectivity index (χ4v) is 3.77. The van der Waals surface area contributed by atoms with E-state index in [1.165, 1.54) is 37.4 Å². The van der Waals surface area contributed by atoms with E-state index in [1.807, 2.05) is 24.3 Å². The van der Waals surface area contributed by atoms with Crippen molar-refractivity contribution in [1.82, 2.24) is 4.98 Å². The molecular formula is C23H25N3O2. The van der Waals surface area contributed by atoms with Gasteiger partial charge in [-0.05, 0) is 49.1 Å². The number of para-hydroxylation sites is 1. The van der Waals surface area contributed by atoms with Gasteiger partial charge >= 0.3 is 0 Å². The Morgan fingerprint density at radius 3 is 2.71 bits per heavy atom. The van der Waals surface area contributed by atoms with Gasteiger partial charge in [0.15, 0.2) is 0 Å². The first-order valence-corrected chi connectivity index (χ1v) is 10.0. The first-order valence-electron chi connectivity index (χ1n) is 10.0. The van der Waals surface area contributed by atoms with Crippen molar-refractivity contribution in [2.45, 2.75) is 38.5 Å². The van der Waals surface area contributed by atoms with Gasteiger partial charge in [0, 0.05) is 35.0 Å². The molecule has 0 fully saturated rings. The second-order valence-electron chi connectivity index (χ2n) is 7.35. The number of H-pyrrole nitrogens is 1. The minimum atomic E-state index is -0.396. The second kappa shape index (κ2) is 8.30. The lowest BCUT2D eigenvalue weighted by molar-refractivity contribution is 0.102. The standard InChI is InChI=1S/C23H25N3O2/c27-22-18-9-5-6-10-20(18)25-15-19(22)23(28)26-17-12-11-16-8-4-2-1-3-7-13-24-21(16)14-17/h5-6,9-12,14-15,24H,1-4,7-8,13H2,(H,25,27)(H,26,28). The lowest BCUT2D eigenvalue weighted by atomic mass is 10.0. The maximum absolute atomic E-state index is 12.7. The molecule has 1 amide bonds. The van der Waals surface area contributed by atoms with Gasteiger partial charge in [-0.3, -0.25) is 9.59 Å². The number of amides is 1. The molecule has 28 heavy (non-hydrogen) atoms. The van der Waals surface area contributed by atoms with Gasteiger partial charge in [0.1, 0.15) is 5.56 Å². The Bertz CT molecular complexity index is 1060. The summed E-state index contributed by atoms with van der Waals surface area (Å²) in [6, 6.07) is 13.2. The van der Waals surface area contributed by atoms with E-state index in [0.29, 0.717) is 11.1 Å². The molecule has 2 aromatic carbocycles. The zero-order valence-corrected chi connectivity index (χ0v) is 15.9. The predicted octanol–water partition coefficient (Wildman–Crippen LogP) is 4.70. The third kappa shape index (κ3) is 3.93. The Balaban J connectivity index is 1.58. The van der Waals surface area contributed by atoms with E-state index in [1.54, 1.807) is 12.1 Å². The lowest BCUT2D eigenvalue weighted by Crippen LogP contribution is -2.22. The smallest absolute Gasteiger partial charge is 0.261 e. The predicted molar refractivity (Wildman–Crippen MR) is 114 cm³/mol. The molecule has 2 heterocycles. The van der Waals surface area contributed by atoms with Gasteiger partial charge < -0.3 is 15.6 Å². The number of carbonyl (C=O) groups is 1. The molecule has 0 saturated carbocycles. The van der Waals surface area contributed by atoms with Crippen LogP contribution in [-0.2, 0) is 6.42 Å². The summed E-state index contributed by atoms with van der Waals surface area (Å²) in [5, 5.41) is 6.90. The van der Waals surface area contributed by atoms with Gasteiger partial charge in [0.2, 0.25) is 5.43 Å². The summed E-state index contributed by atoms with van der Waals surface area (Å²) in [5.41, 5.74) is 3.63. The number of fused-ring (bicyclic) bond motifs is 2. The van der Waals surface area contributed by atoms with E-state index in [9.17, 15) is 9.59 Å². The third-order valence-corrected chi connectivity index (χ3v) is 5.34. The van der Waals surface area contributed by atoms with Gasteiger partial charge in [0.25, 0.3) is 5.91 Å². The largest absolute Gasteiger partial charge is 0.385 e. The number of pyridine rings is 1. The van der Waals surface area contributed by atoms with Crippen molar-refractivity contribution in [2.24, 2.45) is 0 Å². The fourth-order valence-electron chi connectivity index (χ4n) is 3.77. The lowest BCUT2D eigenvalue weighted by Gasteiger charge is -2.16. The maximum atomic E-state index is 12.7. The first-order chi connectivity index (χ1) is 13.7. The maximum Gasteiger partial charge on any atom is 0.261 e. The molecule has 0 unspecified atom stereocenters. The number of aromatic amines is 1. The number of anilines is 2. The number of hydrogen-bond donors (Lipinski definition) is 3. The molecule has 0 spiro atoms. The van der Waals surface area contributed by atoms with Gasteiger partial charge in [-0.25, -0.2) is 0 Å². The molecular weight excluding hydrogens is 350 g/mol. The Morgan fingerprint density at radius 1 is 0.964 bits per heavy atom. The minimum absolute atomic E-state index is 0.117. The Labute approximate surface area is 164 Å². The van der Waals surface area contributed by atoms with Crippen LogP contribution >= 0.6 is 0 Å². The van der Waals surface area contributed by atoms with Gasteiger partial charge in [0.05, 0.1) is 0 Å². The first kappa shape index (κ1) is 18.3. The summed E-state index contributed by atoms with van der Waals surface area (Å²) in [6.07, 6.45) is 8.69. The topological polar surface area (TPSA) is 74.0 Å². The van der Waals surface area contributed by atoms with Crippen LogP contribution in [0.2, 0.25) is 0 Å². The number of hydrogen-bond acceptors (Lipinski definition) is 3. The Hall–Kier alpha value is -3.08. The van der Waals surface area contributed by atoms with E-state index in [4.69, 9.17) is 0 Å². The highest BCUT2D eigenvalue weighted by molar-refractivity contribution is 6.05. The summed E-state index contributed by atoms with van der Waals surface area (Å²) < 4.78 is 0. The normalized spacial score (nSPS) is 14.7. The van der Waals surface area contributed by atoms with Crippen LogP contribution in [0.1, 0.15) is 48.0 Å². The molecule has 0 bridgehead atoms. The van der Waals surface area contributed by atoms with Crippen LogP contribution in [0.3, 0.4) is 0 Å². The summed E-state index contributed by atoms with van der Waals surface area (Å²) in [7, 11) is 0. The molecule has 0 aliphatic carbocycles. The molecule has 5 heteroatoms. The molecule has 144 valence electrons. The summed E-state index contributed by atoms with van der Waals surface area (Å²) in [4.78, 5) is 28.4. The zero-order valence-electron chi connectivity index (χ0n) is 15.9. The Morgan fingerprint density at radius 2 is 1.79 bits per heavy atom. The summed E-state index contributed by atoms with van der Waals surface area (Å²) in [6.45, 7) is 0.939. The highest BCUT2D eigenvalue weighted by Crippen LogP contribution is 2.25. The molecule has 0 atom stereocenters. The number of aromatic nitrogens is 1. The van der Waals surface area contributed by atoms with Gasteiger partial charge in [-0.1, -0.05) is 37.5 Å². The van der Waals surface area contributed by atoms with Crippen LogP contribution in [0.25, 0.3) is 10.9 Å². The van der Waals surface area contributed by atoms with E-state index in [2.05, 4.69) is 21.7 Å². The van der Waals surface area contributed by atoms with Crippen LogP contribution < -0.4 is 16.1 Å². The zero-order chi connectivity index (χ0) is 19.3. The molecule has 0 radical (unpaired) electrons. The van der Waals surface area contributed by atoms with Crippen molar-refractivity contribution in [3.8, 4) is 0 Å². The van der Waals surface area contributed by atoms with Crippen molar-refractivity contribution in [1.29, 1.82) is 0 Å². The van der Waals surface area contributed by atoms with Crippen LogP contribution in [0.4, 0.5) is 11.4 Å². The molecule has 3 N–H and O–H groups in total. The molecule has 1 aliphatic heterocycles. The quantitative estimate of drug-likeness (QED) is 0.608. The van der Waals surface area contributed by atoms with Crippen molar-refractivity contribution < 1.29 is 4.79 Å². The monoisotopic (exact) mass is 375 g/mol. The van der Waals surface area contributed by atoms with Crippen LogP contribution in [-0.4, -0.2) is 17.4 Å². The number of rotatable bonds is 2. The molecule has 3 aromatic rings. The average Bonchev–Trinajstić information content (AvgIpc) is 2.72. The van der Waals surface area contributed by atoms with Crippen molar-refractivity contribution in [3.05, 3.63) is 70.0 Å². The van der Waals surface area contributed by atoms with E-state index in [0.717, 1.165) is 30.6 Å². The third-order valence-electron chi connectivity index (χ3n) is 5.34. The SMILES string of the molecule is O=C(Nc1ccc2c(c1)NCCCCCCC2)c1c[nH]c2ccccc2c1=O. The van der Waals surface area contributed by atoms with Crippen LogP contribution in [0, 0.1) is 0 Å². The van der Waals surface area contributed by atoms with E-state index < -0.39 is 5.91 Å². The summed E-state index contributed by atoms with van der Waals surface area (Å²) >= 11 is 0. The van der Waals surface area contributed by atoms with Gasteiger partial charge in [-0.2, -0.15) is 0 Å². The average molecular weight is 375 g/mol. The molecule has 1 aromatic heterocycles. The van der Waals surface area contributed by atoms with Crippen molar-refractivity contribution >= 4 is 28.2 Å². The molecule has 0 saturated heterocycles. The van der Waals surface area contributed by atoms with Crippen molar-refractivity contribution in [3.63, 3.8) is 0 Å². The highest BCUT2D eigenvalue weighted by atomic mass is 16.2. The molecule has 4 rings (SSSR count). The fraction of sp³-hybridized carbons (Fsp3) is 0.304. The van der Waals surface area contributed by atoms with E-state index >= 15 is 0 Å². The van der Waals surface area contributed by atoms with E-state index in [-0.39, 0.29) is 11.0 Å². The number of aryl methyl sites for hydroxylation is 1. The van der Waals surface area contributed by atoms with Crippen LogP contribution in [0.15, 0.2) is 53.5 Å². The van der Waals surface area contributed by atoms with Gasteiger partial charge in [-0.15, -0.1) is 0 Å². The molecule has 1 aliphatic rings. The highest BCUT2D eigenvalue weighted by Gasteiger charge is 2.14.